The maximum absolute atomic E-state index is 13.4. The third kappa shape index (κ3) is 3.31. The molecule has 0 amide bonds. The summed E-state index contributed by atoms with van der Waals surface area (Å²) in [6, 6.07) is 1.65. The molecule has 3 nitrogen and oxygen atoms in total. The highest BCUT2D eigenvalue weighted by Gasteiger charge is 2.36. The summed E-state index contributed by atoms with van der Waals surface area (Å²) in [5, 5.41) is 0. The zero-order valence-corrected chi connectivity index (χ0v) is 10.7. The fourth-order valence-electron chi connectivity index (χ4n) is 1.63. The fraction of sp³-hybridized carbons (Fsp3) is 0.250. The van der Waals surface area contributed by atoms with Crippen molar-refractivity contribution in [2.75, 3.05) is 0 Å². The quantitative estimate of drug-likeness (QED) is 0.587. The SMILES string of the molecule is Cc1cc(-c2ncc(C(F)(F)F)c(F)n2)cc(C(F)(F)F)n1. The normalized spacial score (nSPS) is 12.5. The van der Waals surface area contributed by atoms with Crippen molar-refractivity contribution in [3.8, 4) is 11.4 Å². The van der Waals surface area contributed by atoms with Crippen molar-refractivity contribution in [3.63, 3.8) is 0 Å². The Hall–Kier alpha value is -2.26. The molecule has 0 aliphatic heterocycles. The summed E-state index contributed by atoms with van der Waals surface area (Å²) in [4.78, 5) is 9.51. The van der Waals surface area contributed by atoms with Gasteiger partial charge in [0.15, 0.2) is 5.82 Å². The standard InChI is InChI=1S/C12H6F7N3/c1-5-2-6(3-8(21-5)12(17,18)19)10-20-4-7(9(13)22-10)11(14,15)16/h2-4H,1H3. The topological polar surface area (TPSA) is 38.7 Å². The van der Waals surface area contributed by atoms with Gasteiger partial charge in [0.25, 0.3) is 0 Å². The molecule has 0 N–H and O–H groups in total. The van der Waals surface area contributed by atoms with Gasteiger partial charge in [-0.2, -0.15) is 35.7 Å². The van der Waals surface area contributed by atoms with Crippen LogP contribution < -0.4 is 0 Å². The molecule has 10 heteroatoms. The van der Waals surface area contributed by atoms with Gasteiger partial charge in [-0.05, 0) is 19.1 Å². The van der Waals surface area contributed by atoms with Gasteiger partial charge in [-0.3, -0.25) is 0 Å². The molecule has 118 valence electrons. The van der Waals surface area contributed by atoms with E-state index in [-0.39, 0.29) is 17.5 Å². The van der Waals surface area contributed by atoms with Crippen LogP contribution in [0.4, 0.5) is 30.7 Å². The molecule has 22 heavy (non-hydrogen) atoms. The van der Waals surface area contributed by atoms with Crippen LogP contribution in [0.25, 0.3) is 11.4 Å². The molecule has 0 saturated heterocycles. The third-order valence-corrected chi connectivity index (χ3v) is 2.55. The second-order valence-electron chi connectivity index (χ2n) is 4.28. The first-order chi connectivity index (χ1) is 9.98. The fourth-order valence-corrected chi connectivity index (χ4v) is 1.63. The zero-order chi connectivity index (χ0) is 16.7. The van der Waals surface area contributed by atoms with E-state index in [9.17, 15) is 30.7 Å². The molecule has 0 atom stereocenters. The molecule has 0 spiro atoms. The summed E-state index contributed by atoms with van der Waals surface area (Å²) < 4.78 is 88.4. The Morgan fingerprint density at radius 3 is 2.05 bits per heavy atom. The van der Waals surface area contributed by atoms with E-state index in [1.807, 2.05) is 0 Å². The summed E-state index contributed by atoms with van der Waals surface area (Å²) in [7, 11) is 0. The number of aryl methyl sites for hydroxylation is 1. The van der Waals surface area contributed by atoms with Gasteiger partial charge >= 0.3 is 12.4 Å². The van der Waals surface area contributed by atoms with E-state index in [1.54, 1.807) is 0 Å². The first-order valence-electron chi connectivity index (χ1n) is 5.64. The van der Waals surface area contributed by atoms with Crippen molar-refractivity contribution < 1.29 is 30.7 Å². The minimum absolute atomic E-state index is 0.0614. The van der Waals surface area contributed by atoms with Crippen molar-refractivity contribution in [3.05, 3.63) is 41.2 Å². The van der Waals surface area contributed by atoms with E-state index in [2.05, 4.69) is 15.0 Å². The summed E-state index contributed by atoms with van der Waals surface area (Å²) in [5.41, 5.74) is -3.31. The number of alkyl halides is 6. The van der Waals surface area contributed by atoms with Crippen molar-refractivity contribution >= 4 is 0 Å². The lowest BCUT2D eigenvalue weighted by atomic mass is 10.1. The highest BCUT2D eigenvalue weighted by atomic mass is 19.4. The second kappa shape index (κ2) is 5.18. The molecule has 0 bridgehead atoms. The van der Waals surface area contributed by atoms with Crippen LogP contribution in [0.3, 0.4) is 0 Å². The van der Waals surface area contributed by atoms with Crippen molar-refractivity contribution in [2.24, 2.45) is 0 Å². The van der Waals surface area contributed by atoms with Crippen molar-refractivity contribution in [1.29, 1.82) is 0 Å². The Labute approximate surface area is 118 Å². The molecular formula is C12H6F7N3. The smallest absolute Gasteiger partial charge is 0.249 e. The Morgan fingerprint density at radius 1 is 0.909 bits per heavy atom. The van der Waals surface area contributed by atoms with Crippen LogP contribution in [-0.4, -0.2) is 15.0 Å². The van der Waals surface area contributed by atoms with Crippen molar-refractivity contribution in [2.45, 2.75) is 19.3 Å². The zero-order valence-electron chi connectivity index (χ0n) is 10.7. The molecule has 2 rings (SSSR count). The van der Waals surface area contributed by atoms with E-state index in [0.717, 1.165) is 6.07 Å². The average molecular weight is 325 g/mol. The van der Waals surface area contributed by atoms with E-state index >= 15 is 0 Å². The van der Waals surface area contributed by atoms with Crippen LogP contribution in [-0.2, 0) is 12.4 Å². The molecule has 0 aliphatic rings. The molecule has 2 aromatic rings. The molecule has 0 aliphatic carbocycles. The summed E-state index contributed by atoms with van der Waals surface area (Å²) in [6.07, 6.45) is -9.57. The largest absolute Gasteiger partial charge is 0.433 e. The third-order valence-electron chi connectivity index (χ3n) is 2.55. The van der Waals surface area contributed by atoms with Crippen LogP contribution in [0, 0.1) is 12.9 Å². The summed E-state index contributed by atoms with van der Waals surface area (Å²) in [5.74, 6) is -2.46. The first kappa shape index (κ1) is 16.1. The van der Waals surface area contributed by atoms with Crippen molar-refractivity contribution in [1.82, 2.24) is 15.0 Å². The highest BCUT2D eigenvalue weighted by Crippen LogP contribution is 2.33. The number of halogens is 7. The number of hydrogen-bond donors (Lipinski definition) is 0. The van der Waals surface area contributed by atoms with Gasteiger partial charge in [0.2, 0.25) is 5.95 Å². The molecule has 0 aromatic carbocycles. The first-order valence-corrected chi connectivity index (χ1v) is 5.64. The Kier molecular flexibility index (Phi) is 3.80. The molecule has 0 saturated carbocycles. The molecule has 0 fully saturated rings. The van der Waals surface area contributed by atoms with E-state index in [0.29, 0.717) is 6.07 Å². The second-order valence-corrected chi connectivity index (χ2v) is 4.28. The minimum atomic E-state index is -4.99. The maximum atomic E-state index is 13.4. The van der Waals surface area contributed by atoms with Gasteiger partial charge < -0.3 is 0 Å². The molecular weight excluding hydrogens is 319 g/mol. The van der Waals surface area contributed by atoms with Crippen LogP contribution in [0.15, 0.2) is 18.3 Å². The summed E-state index contributed by atoms with van der Waals surface area (Å²) >= 11 is 0. The monoisotopic (exact) mass is 325 g/mol. The number of rotatable bonds is 1. The van der Waals surface area contributed by atoms with Gasteiger partial charge in [-0.1, -0.05) is 0 Å². The van der Waals surface area contributed by atoms with Crippen LogP contribution in [0.2, 0.25) is 0 Å². The number of hydrogen-bond acceptors (Lipinski definition) is 3. The molecule has 2 aromatic heterocycles. The number of pyridine rings is 1. The van der Waals surface area contributed by atoms with Gasteiger partial charge in [0.05, 0.1) is 0 Å². The summed E-state index contributed by atoms with van der Waals surface area (Å²) in [6.45, 7) is 1.25. The van der Waals surface area contributed by atoms with E-state index in [1.165, 1.54) is 6.92 Å². The molecule has 0 radical (unpaired) electrons. The Balaban J connectivity index is 2.54. The van der Waals surface area contributed by atoms with Gasteiger partial charge in [0, 0.05) is 17.5 Å². The Bertz CT molecular complexity index is 707. The van der Waals surface area contributed by atoms with E-state index in [4.69, 9.17) is 0 Å². The number of nitrogens with zero attached hydrogens (tertiary/aromatic N) is 3. The average Bonchev–Trinajstić information content (AvgIpc) is 2.35. The maximum Gasteiger partial charge on any atom is 0.433 e. The lowest BCUT2D eigenvalue weighted by Gasteiger charge is -2.10. The minimum Gasteiger partial charge on any atom is -0.249 e. The number of aromatic nitrogens is 3. The van der Waals surface area contributed by atoms with Crippen LogP contribution in [0.1, 0.15) is 17.0 Å². The van der Waals surface area contributed by atoms with Gasteiger partial charge in [-0.15, -0.1) is 0 Å². The van der Waals surface area contributed by atoms with Gasteiger partial charge in [-0.25, -0.2) is 9.97 Å². The lowest BCUT2D eigenvalue weighted by Crippen LogP contribution is -2.12. The lowest BCUT2D eigenvalue weighted by molar-refractivity contribution is -0.141. The highest BCUT2D eigenvalue weighted by molar-refractivity contribution is 5.56. The van der Waals surface area contributed by atoms with Crippen LogP contribution in [0.5, 0.6) is 0 Å². The predicted molar refractivity (Wildman–Crippen MR) is 60.0 cm³/mol. The van der Waals surface area contributed by atoms with E-state index < -0.39 is 35.4 Å². The Morgan fingerprint density at radius 2 is 1.55 bits per heavy atom. The van der Waals surface area contributed by atoms with Gasteiger partial charge in [0.1, 0.15) is 11.3 Å². The molecule has 2 heterocycles. The predicted octanol–water partition coefficient (Wildman–Crippen LogP) is 4.02. The van der Waals surface area contributed by atoms with Crippen LogP contribution >= 0.6 is 0 Å². The molecule has 0 unspecified atom stereocenters.